The summed E-state index contributed by atoms with van der Waals surface area (Å²) in [5, 5.41) is 7.78. The first-order valence-corrected chi connectivity index (χ1v) is 11.4. The van der Waals surface area contributed by atoms with E-state index in [-0.39, 0.29) is 17.9 Å². The van der Waals surface area contributed by atoms with Gasteiger partial charge in [-0.1, -0.05) is 6.92 Å². The molecule has 1 amide bonds. The highest BCUT2D eigenvalue weighted by Crippen LogP contribution is 2.47. The van der Waals surface area contributed by atoms with Crippen LogP contribution in [-0.4, -0.2) is 48.0 Å². The predicted octanol–water partition coefficient (Wildman–Crippen LogP) is 3.30. The molecule has 172 valence electrons. The minimum atomic E-state index is -0.457. The lowest BCUT2D eigenvalue weighted by Gasteiger charge is -2.18. The molecule has 4 rings (SSSR count). The van der Waals surface area contributed by atoms with Crippen LogP contribution in [0.15, 0.2) is 24.3 Å². The summed E-state index contributed by atoms with van der Waals surface area (Å²) in [6.45, 7) is 4.75. The smallest absolute Gasteiger partial charge is 0.338 e. The number of hydrogen-bond acceptors (Lipinski definition) is 5. The fourth-order valence-corrected chi connectivity index (χ4v) is 4.08. The molecule has 1 aromatic heterocycles. The van der Waals surface area contributed by atoms with Crippen LogP contribution in [0, 0.1) is 11.2 Å². The van der Waals surface area contributed by atoms with Crippen molar-refractivity contribution in [3.63, 3.8) is 0 Å². The Morgan fingerprint density at radius 2 is 2.00 bits per heavy atom. The standard InChI is InChI=1S/C24H30FN3O4/c1-2-19-21-20(5-3-13-31-14-4-12-26-22(21)29)28(27-19)15-24(10-11-24)16-32-23(30)17-6-8-18(25)9-7-17/h6-9H,2-5,10-16H2,1H3,(H,26,29). The molecule has 1 aliphatic heterocycles. The first-order valence-electron chi connectivity index (χ1n) is 11.4. The number of esters is 1. The number of rotatable bonds is 6. The second-order valence-corrected chi connectivity index (χ2v) is 8.69. The van der Waals surface area contributed by atoms with E-state index in [0.29, 0.717) is 50.3 Å². The van der Waals surface area contributed by atoms with E-state index in [1.165, 1.54) is 24.3 Å². The van der Waals surface area contributed by atoms with Crippen LogP contribution in [0.3, 0.4) is 0 Å². The van der Waals surface area contributed by atoms with Gasteiger partial charge in [0.2, 0.25) is 0 Å². The van der Waals surface area contributed by atoms with Crippen molar-refractivity contribution >= 4 is 11.9 Å². The summed E-state index contributed by atoms with van der Waals surface area (Å²) in [6.07, 6.45) is 4.85. The van der Waals surface area contributed by atoms with Crippen LogP contribution in [0.5, 0.6) is 0 Å². The molecule has 1 N–H and O–H groups in total. The SMILES string of the molecule is CCc1nn(CC2(COC(=O)c3ccc(F)cc3)CC2)c2c1C(=O)NCCCOCCC2. The first-order chi connectivity index (χ1) is 15.5. The largest absolute Gasteiger partial charge is 0.461 e. The monoisotopic (exact) mass is 443 g/mol. The lowest BCUT2D eigenvalue weighted by Crippen LogP contribution is -2.27. The average Bonchev–Trinajstić information content (AvgIpc) is 3.48. The van der Waals surface area contributed by atoms with Gasteiger partial charge >= 0.3 is 5.97 Å². The Morgan fingerprint density at radius 1 is 1.25 bits per heavy atom. The molecule has 32 heavy (non-hydrogen) atoms. The molecular formula is C24H30FN3O4. The number of halogens is 1. The number of nitrogens with one attached hydrogen (secondary N) is 1. The number of fused-ring (bicyclic) bond motifs is 1. The number of aryl methyl sites for hydroxylation is 1. The highest BCUT2D eigenvalue weighted by molar-refractivity contribution is 5.96. The molecule has 0 atom stereocenters. The number of carbonyl (C=O) groups is 2. The van der Waals surface area contributed by atoms with Gasteiger partial charge in [0.05, 0.1) is 35.7 Å². The third-order valence-electron chi connectivity index (χ3n) is 6.18. The second kappa shape index (κ2) is 9.81. The van der Waals surface area contributed by atoms with Crippen LogP contribution >= 0.6 is 0 Å². The lowest BCUT2D eigenvalue weighted by atomic mass is 10.1. The summed E-state index contributed by atoms with van der Waals surface area (Å²) in [6, 6.07) is 5.35. The number of amides is 1. The predicted molar refractivity (Wildman–Crippen MR) is 116 cm³/mol. The molecule has 7 nitrogen and oxygen atoms in total. The normalized spacial score (nSPS) is 18.2. The molecule has 2 aromatic rings. The van der Waals surface area contributed by atoms with Gasteiger partial charge in [-0.05, 0) is 62.8 Å². The molecule has 1 aliphatic carbocycles. The van der Waals surface area contributed by atoms with Crippen molar-refractivity contribution in [3.8, 4) is 0 Å². The van der Waals surface area contributed by atoms with Gasteiger partial charge in [-0.25, -0.2) is 9.18 Å². The Bertz CT molecular complexity index is 966. The Kier molecular flexibility index (Phi) is 6.89. The van der Waals surface area contributed by atoms with Gasteiger partial charge in [-0.15, -0.1) is 0 Å². The van der Waals surface area contributed by atoms with Crippen molar-refractivity contribution in [1.29, 1.82) is 0 Å². The fourth-order valence-electron chi connectivity index (χ4n) is 4.08. The van der Waals surface area contributed by atoms with Crippen LogP contribution in [0.4, 0.5) is 4.39 Å². The molecule has 0 saturated heterocycles. The zero-order valence-corrected chi connectivity index (χ0v) is 18.5. The molecule has 1 fully saturated rings. The first kappa shape index (κ1) is 22.5. The van der Waals surface area contributed by atoms with Crippen LogP contribution in [0.1, 0.15) is 64.7 Å². The number of nitrogens with zero attached hydrogens (tertiary/aromatic N) is 2. The van der Waals surface area contributed by atoms with Crippen LogP contribution < -0.4 is 5.32 Å². The molecular weight excluding hydrogens is 413 g/mol. The summed E-state index contributed by atoms with van der Waals surface area (Å²) < 4.78 is 26.3. The third-order valence-corrected chi connectivity index (χ3v) is 6.18. The highest BCUT2D eigenvalue weighted by atomic mass is 19.1. The molecule has 0 unspecified atom stereocenters. The minimum absolute atomic E-state index is 0.0717. The lowest BCUT2D eigenvalue weighted by molar-refractivity contribution is 0.0396. The van der Waals surface area contributed by atoms with E-state index in [4.69, 9.17) is 14.6 Å². The Morgan fingerprint density at radius 3 is 2.72 bits per heavy atom. The third kappa shape index (κ3) is 5.18. The topological polar surface area (TPSA) is 82.5 Å². The Labute approximate surface area is 187 Å². The fraction of sp³-hybridized carbons (Fsp3) is 0.542. The zero-order valence-electron chi connectivity index (χ0n) is 18.5. The number of hydrogen-bond donors (Lipinski definition) is 1. The van der Waals surface area contributed by atoms with Crippen LogP contribution in [0.25, 0.3) is 0 Å². The van der Waals surface area contributed by atoms with Gasteiger partial charge in [-0.3, -0.25) is 9.48 Å². The van der Waals surface area contributed by atoms with E-state index in [9.17, 15) is 14.0 Å². The molecule has 0 bridgehead atoms. The van der Waals surface area contributed by atoms with Crippen molar-refractivity contribution in [2.24, 2.45) is 5.41 Å². The summed E-state index contributed by atoms with van der Waals surface area (Å²) in [7, 11) is 0. The van der Waals surface area contributed by atoms with E-state index in [1.807, 2.05) is 11.6 Å². The maximum absolute atomic E-state index is 13.1. The van der Waals surface area contributed by atoms with Crippen LogP contribution in [0.2, 0.25) is 0 Å². The van der Waals surface area contributed by atoms with Gasteiger partial charge in [0.15, 0.2) is 0 Å². The van der Waals surface area contributed by atoms with E-state index in [0.717, 1.165) is 37.1 Å². The van der Waals surface area contributed by atoms with Crippen molar-refractivity contribution in [3.05, 3.63) is 52.6 Å². The minimum Gasteiger partial charge on any atom is -0.461 e. The van der Waals surface area contributed by atoms with Crippen molar-refractivity contribution in [1.82, 2.24) is 15.1 Å². The summed E-state index contributed by atoms with van der Waals surface area (Å²) >= 11 is 0. The molecule has 2 heterocycles. The maximum atomic E-state index is 13.1. The van der Waals surface area contributed by atoms with E-state index in [1.54, 1.807) is 0 Å². The van der Waals surface area contributed by atoms with Crippen LogP contribution in [-0.2, 0) is 28.9 Å². The Balaban J connectivity index is 1.50. The average molecular weight is 444 g/mol. The number of carbonyl (C=O) groups excluding carboxylic acids is 2. The quantitative estimate of drug-likeness (QED) is 0.693. The number of ether oxygens (including phenoxy) is 2. The maximum Gasteiger partial charge on any atom is 0.338 e. The summed E-state index contributed by atoms with van der Waals surface area (Å²) in [4.78, 5) is 25.3. The Hall–Kier alpha value is -2.74. The van der Waals surface area contributed by atoms with Gasteiger partial charge < -0.3 is 14.8 Å². The van der Waals surface area contributed by atoms with Gasteiger partial charge in [0.25, 0.3) is 5.91 Å². The molecule has 0 radical (unpaired) electrons. The highest BCUT2D eigenvalue weighted by Gasteiger charge is 2.45. The number of aromatic nitrogens is 2. The van der Waals surface area contributed by atoms with Crippen molar-refractivity contribution in [2.45, 2.75) is 52.0 Å². The van der Waals surface area contributed by atoms with Crippen molar-refractivity contribution < 1.29 is 23.5 Å². The molecule has 1 saturated carbocycles. The molecule has 1 aromatic carbocycles. The molecule has 8 heteroatoms. The van der Waals surface area contributed by atoms with E-state index >= 15 is 0 Å². The number of benzene rings is 1. The van der Waals surface area contributed by atoms with Gasteiger partial charge in [-0.2, -0.15) is 5.10 Å². The molecule has 0 spiro atoms. The molecule has 2 aliphatic rings. The summed E-state index contributed by atoms with van der Waals surface area (Å²) in [5.74, 6) is -0.918. The summed E-state index contributed by atoms with van der Waals surface area (Å²) in [5.41, 5.74) is 2.57. The zero-order chi connectivity index (χ0) is 22.6. The van der Waals surface area contributed by atoms with Crippen molar-refractivity contribution in [2.75, 3.05) is 26.4 Å². The van der Waals surface area contributed by atoms with E-state index < -0.39 is 11.8 Å². The van der Waals surface area contributed by atoms with Gasteiger partial charge in [0, 0.05) is 25.2 Å². The van der Waals surface area contributed by atoms with Gasteiger partial charge in [0.1, 0.15) is 5.82 Å². The van der Waals surface area contributed by atoms with E-state index in [2.05, 4.69) is 5.32 Å². The second-order valence-electron chi connectivity index (χ2n) is 8.69.